The van der Waals surface area contributed by atoms with Crippen LogP contribution in [0, 0.1) is 12.8 Å². The van der Waals surface area contributed by atoms with E-state index in [0.29, 0.717) is 28.4 Å². The molecule has 0 saturated carbocycles. The maximum atomic E-state index is 13.9. The van der Waals surface area contributed by atoms with Crippen molar-refractivity contribution in [2.75, 3.05) is 24.6 Å². The highest BCUT2D eigenvalue weighted by molar-refractivity contribution is 7.99. The van der Waals surface area contributed by atoms with Gasteiger partial charge in [-0.25, -0.2) is 17.2 Å². The molecule has 3 aromatic carbocycles. The fourth-order valence-corrected chi connectivity index (χ4v) is 9.53. The molecule has 2 aliphatic heterocycles. The van der Waals surface area contributed by atoms with Gasteiger partial charge in [-0.1, -0.05) is 42.0 Å². The summed E-state index contributed by atoms with van der Waals surface area (Å²) in [5, 5.41) is 0.529. The Morgan fingerprint density at radius 2 is 1.67 bits per heavy atom. The molecule has 0 spiro atoms. The first-order valence-corrected chi connectivity index (χ1v) is 21.6. The van der Waals surface area contributed by atoms with E-state index in [1.165, 1.54) is 21.9 Å². The molecule has 5 aromatic rings. The summed E-state index contributed by atoms with van der Waals surface area (Å²) in [4.78, 5) is 28.1. The number of benzene rings is 3. The fourth-order valence-electron chi connectivity index (χ4n) is 7.34. The third-order valence-corrected chi connectivity index (χ3v) is 13.0. The van der Waals surface area contributed by atoms with Crippen LogP contribution in [0.1, 0.15) is 63.1 Å². The van der Waals surface area contributed by atoms with Gasteiger partial charge in [-0.05, 0) is 131 Å². The van der Waals surface area contributed by atoms with E-state index in [1.54, 1.807) is 43.6 Å². The van der Waals surface area contributed by atoms with Crippen molar-refractivity contribution in [3.8, 4) is 22.6 Å². The summed E-state index contributed by atoms with van der Waals surface area (Å²) in [6.07, 6.45) is 10.1. The zero-order valence-electron chi connectivity index (χ0n) is 32.2. The average Bonchev–Trinajstić information content (AvgIpc) is 3.63. The number of ether oxygens (including phenoxy) is 2. The van der Waals surface area contributed by atoms with Gasteiger partial charge in [0.15, 0.2) is 0 Å². The summed E-state index contributed by atoms with van der Waals surface area (Å²) >= 11 is 1.91. The third-order valence-electron chi connectivity index (χ3n) is 10.4. The van der Waals surface area contributed by atoms with Crippen molar-refractivity contribution in [3.63, 3.8) is 0 Å². The molecule has 288 valence electrons. The highest BCUT2D eigenvalue weighted by atomic mass is 32.2. The number of carbonyl (C=O) groups excluding carboxylic acids is 1. The van der Waals surface area contributed by atoms with E-state index in [1.807, 2.05) is 62.6 Å². The van der Waals surface area contributed by atoms with E-state index in [2.05, 4.69) is 30.3 Å². The van der Waals surface area contributed by atoms with Crippen molar-refractivity contribution >= 4 is 44.4 Å². The number of aryl methyl sites for hydroxylation is 3. The molecular weight excluding hydrogens is 731 g/mol. The number of carbonyl (C=O) groups is 1. The second-order valence-electron chi connectivity index (χ2n) is 15.6. The molecule has 0 bridgehead atoms. The summed E-state index contributed by atoms with van der Waals surface area (Å²) in [5.74, 6) is 3.82. The molecule has 55 heavy (non-hydrogen) atoms. The first-order chi connectivity index (χ1) is 26.3. The number of nitrogens with zero attached hydrogens (tertiary/aromatic N) is 3. The Bertz CT molecular complexity index is 2400. The highest BCUT2D eigenvalue weighted by Crippen LogP contribution is 2.40. The topological polar surface area (TPSA) is 99.8 Å². The molecule has 1 amide bonds. The minimum atomic E-state index is -4.05. The number of amides is 1. The number of thioether (sulfide) groups is 1. The zero-order chi connectivity index (χ0) is 38.9. The molecule has 7 rings (SSSR count). The number of pyridine rings is 1. The van der Waals surface area contributed by atoms with Gasteiger partial charge in [0.1, 0.15) is 22.6 Å². The summed E-state index contributed by atoms with van der Waals surface area (Å²) in [7, 11) is -2.40. The zero-order valence-corrected chi connectivity index (χ0v) is 33.8. The molecule has 1 saturated heterocycles. The van der Waals surface area contributed by atoms with Crippen LogP contribution in [0.25, 0.3) is 27.6 Å². The van der Waals surface area contributed by atoms with E-state index in [9.17, 15) is 18.0 Å². The summed E-state index contributed by atoms with van der Waals surface area (Å²) in [6.45, 7) is 9.03. The first kappa shape index (κ1) is 38.5. The van der Waals surface area contributed by atoms with E-state index < -0.39 is 21.2 Å². The second-order valence-corrected chi connectivity index (χ2v) is 18.6. The molecular formula is C44H49N3O6S2. The van der Waals surface area contributed by atoms with Gasteiger partial charge in [-0.3, -0.25) is 4.79 Å². The van der Waals surface area contributed by atoms with E-state index in [-0.39, 0.29) is 16.5 Å². The Balaban J connectivity index is 1.15. The minimum absolute atomic E-state index is 0.0880. The fraction of sp³-hybridized carbons (Fsp3) is 0.364. The van der Waals surface area contributed by atoms with Crippen LogP contribution in [0.4, 0.5) is 4.79 Å². The van der Waals surface area contributed by atoms with Gasteiger partial charge in [-0.2, -0.15) is 11.8 Å². The molecule has 0 atom stereocenters. The van der Waals surface area contributed by atoms with Crippen LogP contribution in [0.2, 0.25) is 0 Å². The molecule has 9 nitrogen and oxygen atoms in total. The standard InChI is InChI=1S/C44H49N3O6S2/c1-30-6-15-36(16-7-30)55(50,51)47-25-20-37-39(29-45(5)42(48)41(37)47)38-28-34(33-21-26-54-27-22-33)12-17-40(38)52-35-13-10-31(11-14-35)8-9-32-18-23-46(24-19-32)43(49)53-44(2,3)4/h6-7,10-17,20-21,25,28-29,32H,8-9,18-19,22-24,26-27H2,1-5H3. The Hall–Kier alpha value is -4.74. The molecule has 0 aliphatic carbocycles. The van der Waals surface area contributed by atoms with Gasteiger partial charge in [0.05, 0.1) is 4.90 Å². The molecule has 4 heterocycles. The lowest BCUT2D eigenvalue weighted by atomic mass is 9.90. The van der Waals surface area contributed by atoms with Gasteiger partial charge in [-0.15, -0.1) is 0 Å². The lowest BCUT2D eigenvalue weighted by Gasteiger charge is -2.33. The quantitative estimate of drug-likeness (QED) is 0.147. The highest BCUT2D eigenvalue weighted by Gasteiger charge is 2.27. The molecule has 2 aliphatic rings. The van der Waals surface area contributed by atoms with Gasteiger partial charge >= 0.3 is 6.09 Å². The smallest absolute Gasteiger partial charge is 0.410 e. The normalized spacial score (nSPS) is 15.6. The van der Waals surface area contributed by atoms with Crippen molar-refractivity contribution in [2.45, 2.75) is 70.3 Å². The monoisotopic (exact) mass is 779 g/mol. The van der Waals surface area contributed by atoms with Gasteiger partial charge in [0.25, 0.3) is 15.6 Å². The molecule has 0 unspecified atom stereocenters. The maximum Gasteiger partial charge on any atom is 0.410 e. The first-order valence-electron chi connectivity index (χ1n) is 19.0. The predicted octanol–water partition coefficient (Wildman–Crippen LogP) is 9.44. The predicted molar refractivity (Wildman–Crippen MR) is 222 cm³/mol. The summed E-state index contributed by atoms with van der Waals surface area (Å²) in [5.41, 5.74) is 5.15. The Morgan fingerprint density at radius 3 is 2.35 bits per heavy atom. The third kappa shape index (κ3) is 8.58. The van der Waals surface area contributed by atoms with Crippen LogP contribution in [-0.2, 0) is 28.2 Å². The largest absolute Gasteiger partial charge is 0.457 e. The number of hydrogen-bond acceptors (Lipinski definition) is 7. The number of rotatable bonds is 9. The number of likely N-dealkylation sites (tertiary alicyclic amines) is 1. The molecule has 0 N–H and O–H groups in total. The number of hydrogen-bond donors (Lipinski definition) is 0. The lowest BCUT2D eigenvalue weighted by Crippen LogP contribution is -2.41. The Labute approximate surface area is 328 Å². The number of fused-ring (bicyclic) bond motifs is 1. The summed E-state index contributed by atoms with van der Waals surface area (Å²) < 4.78 is 42.5. The summed E-state index contributed by atoms with van der Waals surface area (Å²) in [6, 6.07) is 22.7. The lowest BCUT2D eigenvalue weighted by molar-refractivity contribution is 0.0181. The SMILES string of the molecule is Cc1ccc(S(=O)(=O)n2ccc3c(-c4cc(C5=CCSCC5)ccc4Oc4ccc(CCC5CCN(C(=O)OC(C)(C)C)CC5)cc4)cn(C)c(=O)c32)cc1. The van der Waals surface area contributed by atoms with Gasteiger partial charge < -0.3 is 18.9 Å². The number of allylic oxidation sites excluding steroid dienone is 1. The van der Waals surface area contributed by atoms with Crippen molar-refractivity contribution in [1.29, 1.82) is 0 Å². The van der Waals surface area contributed by atoms with Crippen molar-refractivity contribution < 1.29 is 22.7 Å². The Morgan fingerprint density at radius 1 is 0.945 bits per heavy atom. The van der Waals surface area contributed by atoms with Crippen molar-refractivity contribution in [2.24, 2.45) is 13.0 Å². The molecule has 1 fully saturated rings. The molecule has 2 aromatic heterocycles. The second kappa shape index (κ2) is 15.8. The van der Waals surface area contributed by atoms with Crippen LogP contribution in [-0.4, -0.2) is 58.1 Å². The average molecular weight is 780 g/mol. The minimum Gasteiger partial charge on any atom is -0.457 e. The van der Waals surface area contributed by atoms with E-state index >= 15 is 0 Å². The van der Waals surface area contributed by atoms with Gasteiger partial charge in [0, 0.05) is 54.8 Å². The van der Waals surface area contributed by atoms with Crippen LogP contribution in [0.3, 0.4) is 0 Å². The van der Waals surface area contributed by atoms with Crippen LogP contribution >= 0.6 is 11.8 Å². The maximum absolute atomic E-state index is 13.9. The molecule has 0 radical (unpaired) electrons. The van der Waals surface area contributed by atoms with Gasteiger partial charge in [0.2, 0.25) is 0 Å². The number of piperidine rings is 1. The van der Waals surface area contributed by atoms with Crippen LogP contribution < -0.4 is 10.3 Å². The molecule has 11 heteroatoms. The van der Waals surface area contributed by atoms with Crippen molar-refractivity contribution in [1.82, 2.24) is 13.4 Å². The Kier molecular flexibility index (Phi) is 11.1. The van der Waals surface area contributed by atoms with E-state index in [0.717, 1.165) is 77.4 Å². The van der Waals surface area contributed by atoms with Crippen molar-refractivity contribution in [3.05, 3.63) is 118 Å². The van der Waals surface area contributed by atoms with E-state index in [4.69, 9.17) is 9.47 Å². The van der Waals surface area contributed by atoms with Crippen LogP contribution in [0.15, 0.2) is 101 Å². The number of aromatic nitrogens is 2. The van der Waals surface area contributed by atoms with Crippen LogP contribution in [0.5, 0.6) is 11.5 Å².